The molecule has 1 atom stereocenters. The number of nitrogens with zero attached hydrogens (tertiary/aromatic N) is 1. The highest BCUT2D eigenvalue weighted by molar-refractivity contribution is 5.66. The molecule has 0 aliphatic carbocycles. The van der Waals surface area contributed by atoms with E-state index in [9.17, 15) is 4.79 Å². The average Bonchev–Trinajstić information content (AvgIpc) is 2.74. The molecule has 0 saturated carbocycles. The molecule has 1 unspecified atom stereocenters. The maximum atomic E-state index is 10.6. The molecule has 0 aromatic heterocycles. The maximum Gasteiger partial charge on any atom is 0.303 e. The fourth-order valence-corrected chi connectivity index (χ4v) is 2.31. The van der Waals surface area contributed by atoms with Crippen molar-refractivity contribution in [1.29, 1.82) is 0 Å². The first-order chi connectivity index (χ1) is 9.04. The Labute approximate surface area is 112 Å². The highest BCUT2D eigenvalue weighted by atomic mass is 16.7. The number of hydrogen-bond acceptors (Lipinski definition) is 4. The molecule has 1 heterocycles. The van der Waals surface area contributed by atoms with Crippen LogP contribution in [0.5, 0.6) is 11.5 Å². The number of rotatable bonds is 6. The topological polar surface area (TPSA) is 59.0 Å². The molecule has 104 valence electrons. The van der Waals surface area contributed by atoms with E-state index in [1.165, 1.54) is 0 Å². The number of aliphatic carboxylic acids is 1. The van der Waals surface area contributed by atoms with Crippen LogP contribution in [0.15, 0.2) is 18.2 Å². The fourth-order valence-electron chi connectivity index (χ4n) is 2.31. The summed E-state index contributed by atoms with van der Waals surface area (Å²) in [5, 5.41) is 8.74. The Morgan fingerprint density at radius 3 is 2.89 bits per heavy atom. The second-order valence-electron chi connectivity index (χ2n) is 5.09. The molecule has 1 aromatic rings. The first-order valence-electron chi connectivity index (χ1n) is 6.33. The molecule has 1 aliphatic heterocycles. The van der Waals surface area contributed by atoms with Crippen molar-refractivity contribution in [2.24, 2.45) is 5.92 Å². The summed E-state index contributed by atoms with van der Waals surface area (Å²) >= 11 is 0. The van der Waals surface area contributed by atoms with E-state index in [-0.39, 0.29) is 19.1 Å². The van der Waals surface area contributed by atoms with Gasteiger partial charge in [0.2, 0.25) is 6.79 Å². The maximum absolute atomic E-state index is 10.6. The van der Waals surface area contributed by atoms with Gasteiger partial charge >= 0.3 is 5.97 Å². The van der Waals surface area contributed by atoms with Crippen molar-refractivity contribution in [3.05, 3.63) is 23.8 Å². The molecule has 0 fully saturated rings. The van der Waals surface area contributed by atoms with Crippen LogP contribution in [0.1, 0.15) is 18.9 Å². The second-order valence-corrected chi connectivity index (χ2v) is 5.09. The molecular weight excluding hydrogens is 246 g/mol. The Bertz CT molecular complexity index is 461. The third-order valence-corrected chi connectivity index (χ3v) is 3.04. The van der Waals surface area contributed by atoms with Crippen LogP contribution in [-0.4, -0.2) is 36.4 Å². The molecule has 0 bridgehead atoms. The summed E-state index contributed by atoms with van der Waals surface area (Å²) in [6.45, 7) is 3.75. The van der Waals surface area contributed by atoms with Crippen LogP contribution < -0.4 is 9.47 Å². The Kier molecular flexibility index (Phi) is 4.27. The smallest absolute Gasteiger partial charge is 0.303 e. The predicted molar refractivity (Wildman–Crippen MR) is 70.3 cm³/mol. The van der Waals surface area contributed by atoms with Gasteiger partial charge in [0.1, 0.15) is 0 Å². The Balaban J connectivity index is 1.88. The predicted octanol–water partition coefficient (Wildman–Crippen LogP) is 1.96. The lowest BCUT2D eigenvalue weighted by molar-refractivity contribution is -0.138. The lowest BCUT2D eigenvalue weighted by Gasteiger charge is -2.20. The molecule has 5 heteroatoms. The van der Waals surface area contributed by atoms with Gasteiger partial charge in [-0.2, -0.15) is 0 Å². The summed E-state index contributed by atoms with van der Waals surface area (Å²) in [5.41, 5.74) is 1.13. The van der Waals surface area contributed by atoms with Crippen molar-refractivity contribution in [3.8, 4) is 11.5 Å². The largest absolute Gasteiger partial charge is 0.481 e. The van der Waals surface area contributed by atoms with Gasteiger partial charge in [-0.3, -0.25) is 4.79 Å². The minimum Gasteiger partial charge on any atom is -0.481 e. The van der Waals surface area contributed by atoms with Crippen LogP contribution in [-0.2, 0) is 11.3 Å². The number of benzene rings is 1. The molecule has 19 heavy (non-hydrogen) atoms. The van der Waals surface area contributed by atoms with E-state index in [0.29, 0.717) is 0 Å². The Morgan fingerprint density at radius 2 is 2.16 bits per heavy atom. The van der Waals surface area contributed by atoms with Crippen molar-refractivity contribution < 1.29 is 19.4 Å². The van der Waals surface area contributed by atoms with Crippen LogP contribution in [0.4, 0.5) is 0 Å². The Morgan fingerprint density at radius 1 is 1.42 bits per heavy atom. The third kappa shape index (κ3) is 3.86. The summed E-state index contributed by atoms with van der Waals surface area (Å²) < 4.78 is 10.6. The van der Waals surface area contributed by atoms with E-state index in [1.54, 1.807) is 0 Å². The molecule has 5 nitrogen and oxygen atoms in total. The fraction of sp³-hybridized carbons (Fsp3) is 0.500. The molecule has 0 spiro atoms. The number of carboxylic acid groups (broad SMARTS) is 1. The van der Waals surface area contributed by atoms with Gasteiger partial charge < -0.3 is 19.5 Å². The van der Waals surface area contributed by atoms with Gasteiger partial charge in [-0.15, -0.1) is 0 Å². The van der Waals surface area contributed by atoms with E-state index < -0.39 is 5.97 Å². The van der Waals surface area contributed by atoms with E-state index in [1.807, 2.05) is 32.2 Å². The molecule has 1 aromatic carbocycles. The van der Waals surface area contributed by atoms with Crippen molar-refractivity contribution >= 4 is 5.97 Å². The summed E-state index contributed by atoms with van der Waals surface area (Å²) in [7, 11) is 1.99. The van der Waals surface area contributed by atoms with Crippen molar-refractivity contribution in [1.82, 2.24) is 4.90 Å². The average molecular weight is 265 g/mol. The number of hydrogen-bond donors (Lipinski definition) is 1. The van der Waals surface area contributed by atoms with Gasteiger partial charge in [-0.25, -0.2) is 0 Å². The quantitative estimate of drug-likeness (QED) is 0.852. The highest BCUT2D eigenvalue weighted by Crippen LogP contribution is 2.32. The van der Waals surface area contributed by atoms with E-state index >= 15 is 0 Å². The molecule has 0 saturated heterocycles. The number of carboxylic acids is 1. The standard InChI is InChI=1S/C14H19NO4/c1-10(5-14(16)17)7-15(2)8-11-3-4-12-13(6-11)19-9-18-12/h3-4,6,10H,5,7-9H2,1-2H3,(H,16,17). The Hall–Kier alpha value is -1.75. The molecule has 1 aliphatic rings. The third-order valence-electron chi connectivity index (χ3n) is 3.04. The van der Waals surface area contributed by atoms with Crippen LogP contribution in [0.2, 0.25) is 0 Å². The lowest BCUT2D eigenvalue weighted by atomic mass is 10.1. The van der Waals surface area contributed by atoms with Crippen molar-refractivity contribution in [3.63, 3.8) is 0 Å². The molecule has 0 amide bonds. The minimum absolute atomic E-state index is 0.136. The molecule has 0 radical (unpaired) electrons. The number of fused-ring (bicyclic) bond motifs is 1. The minimum atomic E-state index is -0.746. The molecule has 1 N–H and O–H groups in total. The van der Waals surface area contributed by atoms with E-state index in [2.05, 4.69) is 4.90 Å². The van der Waals surface area contributed by atoms with E-state index in [4.69, 9.17) is 14.6 Å². The first kappa shape index (κ1) is 13.7. The zero-order chi connectivity index (χ0) is 13.8. The molecule has 2 rings (SSSR count). The van der Waals surface area contributed by atoms with Gasteiger partial charge in [0.25, 0.3) is 0 Å². The van der Waals surface area contributed by atoms with Gasteiger partial charge in [0.15, 0.2) is 11.5 Å². The zero-order valence-electron chi connectivity index (χ0n) is 11.3. The summed E-state index contributed by atoms with van der Waals surface area (Å²) in [5.74, 6) is 0.954. The highest BCUT2D eigenvalue weighted by Gasteiger charge is 2.15. The molecular formula is C14H19NO4. The van der Waals surface area contributed by atoms with Gasteiger partial charge in [0, 0.05) is 19.5 Å². The van der Waals surface area contributed by atoms with E-state index in [0.717, 1.165) is 30.2 Å². The van der Waals surface area contributed by atoms with Crippen LogP contribution in [0.25, 0.3) is 0 Å². The summed E-state index contributed by atoms with van der Waals surface area (Å²) in [6, 6.07) is 5.89. The summed E-state index contributed by atoms with van der Waals surface area (Å²) in [4.78, 5) is 12.7. The number of ether oxygens (including phenoxy) is 2. The first-order valence-corrected chi connectivity index (χ1v) is 6.33. The summed E-state index contributed by atoms with van der Waals surface area (Å²) in [6.07, 6.45) is 0.200. The lowest BCUT2D eigenvalue weighted by Crippen LogP contribution is -2.25. The number of carbonyl (C=O) groups is 1. The monoisotopic (exact) mass is 265 g/mol. The van der Waals surface area contributed by atoms with Crippen LogP contribution in [0.3, 0.4) is 0 Å². The van der Waals surface area contributed by atoms with Crippen LogP contribution >= 0.6 is 0 Å². The van der Waals surface area contributed by atoms with Crippen molar-refractivity contribution in [2.75, 3.05) is 20.4 Å². The normalized spacial score (nSPS) is 14.7. The van der Waals surface area contributed by atoms with Gasteiger partial charge in [-0.05, 0) is 30.7 Å². The second kappa shape index (κ2) is 5.93. The van der Waals surface area contributed by atoms with Crippen molar-refractivity contribution in [2.45, 2.75) is 19.9 Å². The van der Waals surface area contributed by atoms with Gasteiger partial charge in [0.05, 0.1) is 0 Å². The van der Waals surface area contributed by atoms with Crippen LogP contribution in [0, 0.1) is 5.92 Å². The van der Waals surface area contributed by atoms with Gasteiger partial charge in [-0.1, -0.05) is 13.0 Å². The SMILES string of the molecule is CC(CC(=O)O)CN(C)Cc1ccc2c(c1)OCO2. The zero-order valence-corrected chi connectivity index (χ0v) is 11.3.